The molecule has 1 saturated carbocycles. The number of carbonyl (C=O) groups excluding carboxylic acids is 4. The van der Waals surface area contributed by atoms with E-state index in [0.29, 0.717) is 18.5 Å². The van der Waals surface area contributed by atoms with Crippen LogP contribution in [0.5, 0.6) is 0 Å². The van der Waals surface area contributed by atoms with Gasteiger partial charge in [-0.15, -0.1) is 0 Å². The number of urea groups is 1. The Morgan fingerprint density at radius 1 is 1.21 bits per heavy atom. The summed E-state index contributed by atoms with van der Waals surface area (Å²) in [5.74, 6) is -1.10. The van der Waals surface area contributed by atoms with Crippen molar-refractivity contribution in [2.45, 2.75) is 64.0 Å². The third kappa shape index (κ3) is 4.96. The summed E-state index contributed by atoms with van der Waals surface area (Å²) in [7, 11) is 0. The number of hydrogen-bond acceptors (Lipinski definition) is 5. The molecule has 1 aromatic carbocycles. The Labute approximate surface area is 194 Å². The molecule has 2 unspecified atom stereocenters. The SMILES string of the molecule is CCCC(NC(=O)CN1C(=O)NC(C)(C2CC2)C1=O)C(=O)Nc1cccc(N2CCCC2)c1. The maximum atomic E-state index is 12.9. The molecule has 0 spiro atoms. The highest BCUT2D eigenvalue weighted by Gasteiger charge is 2.56. The minimum atomic E-state index is -0.933. The lowest BCUT2D eigenvalue weighted by molar-refractivity contribution is -0.135. The van der Waals surface area contributed by atoms with Crippen LogP contribution in [-0.4, -0.2) is 59.9 Å². The number of imide groups is 1. The molecule has 3 N–H and O–H groups in total. The number of benzene rings is 1. The van der Waals surface area contributed by atoms with E-state index in [0.717, 1.165) is 36.5 Å². The van der Waals surface area contributed by atoms with Crippen molar-refractivity contribution >= 4 is 35.1 Å². The summed E-state index contributed by atoms with van der Waals surface area (Å²) >= 11 is 0. The third-order valence-electron chi connectivity index (χ3n) is 6.81. The average molecular weight is 456 g/mol. The standard InChI is InChI=1S/C24H33N5O4/c1-3-7-19(21(31)25-17-8-6-9-18(14-17)28-12-4-5-13-28)26-20(30)15-29-22(32)24(2,16-10-11-16)27-23(29)33/h6,8-9,14,16,19H,3-5,7,10-13,15H2,1-2H3,(H,25,31)(H,26,30)(H,27,33). The number of nitrogens with one attached hydrogen (secondary N) is 3. The van der Waals surface area contributed by atoms with Crippen LogP contribution in [0.15, 0.2) is 24.3 Å². The Morgan fingerprint density at radius 3 is 2.61 bits per heavy atom. The summed E-state index contributed by atoms with van der Waals surface area (Å²) in [5.41, 5.74) is 0.811. The highest BCUT2D eigenvalue weighted by Crippen LogP contribution is 2.42. The first kappa shape index (κ1) is 23.1. The van der Waals surface area contributed by atoms with Crippen LogP contribution >= 0.6 is 0 Å². The molecular formula is C24H33N5O4. The minimum Gasteiger partial charge on any atom is -0.371 e. The Kier molecular flexibility index (Phi) is 6.58. The fourth-order valence-electron chi connectivity index (χ4n) is 4.72. The molecule has 2 saturated heterocycles. The minimum absolute atomic E-state index is 0.122. The summed E-state index contributed by atoms with van der Waals surface area (Å²) in [6, 6.07) is 6.40. The first-order valence-corrected chi connectivity index (χ1v) is 11.9. The quantitative estimate of drug-likeness (QED) is 0.495. The van der Waals surface area contributed by atoms with Gasteiger partial charge in [-0.1, -0.05) is 19.4 Å². The number of amides is 5. The van der Waals surface area contributed by atoms with Gasteiger partial charge in [0.1, 0.15) is 18.1 Å². The van der Waals surface area contributed by atoms with Crippen molar-refractivity contribution in [3.8, 4) is 0 Å². The molecule has 4 rings (SSSR count). The molecule has 178 valence electrons. The highest BCUT2D eigenvalue weighted by atomic mass is 16.2. The van der Waals surface area contributed by atoms with E-state index in [1.54, 1.807) is 6.92 Å². The Balaban J connectivity index is 1.36. The van der Waals surface area contributed by atoms with Gasteiger partial charge in [0, 0.05) is 24.5 Å². The Hall–Kier alpha value is -3.10. The molecule has 9 heteroatoms. The van der Waals surface area contributed by atoms with Crippen LogP contribution in [0, 0.1) is 5.92 Å². The average Bonchev–Trinajstić information content (AvgIpc) is 3.46. The van der Waals surface area contributed by atoms with Gasteiger partial charge in [0.2, 0.25) is 11.8 Å². The monoisotopic (exact) mass is 455 g/mol. The van der Waals surface area contributed by atoms with Gasteiger partial charge in [0.15, 0.2) is 0 Å². The van der Waals surface area contributed by atoms with Gasteiger partial charge < -0.3 is 20.9 Å². The van der Waals surface area contributed by atoms with E-state index in [-0.39, 0.29) is 17.7 Å². The van der Waals surface area contributed by atoms with Gasteiger partial charge >= 0.3 is 6.03 Å². The molecule has 2 aliphatic heterocycles. The molecule has 9 nitrogen and oxygen atoms in total. The van der Waals surface area contributed by atoms with Gasteiger partial charge in [-0.2, -0.15) is 0 Å². The second-order valence-electron chi connectivity index (χ2n) is 9.44. The molecule has 2 heterocycles. The van der Waals surface area contributed by atoms with Gasteiger partial charge in [0.25, 0.3) is 5.91 Å². The van der Waals surface area contributed by atoms with Crippen LogP contribution in [0.4, 0.5) is 16.2 Å². The van der Waals surface area contributed by atoms with Crippen LogP contribution in [0.3, 0.4) is 0 Å². The largest absolute Gasteiger partial charge is 0.371 e. The smallest absolute Gasteiger partial charge is 0.325 e. The molecule has 0 aromatic heterocycles. The van der Waals surface area contributed by atoms with Crippen LogP contribution in [0.1, 0.15) is 52.4 Å². The zero-order chi connectivity index (χ0) is 23.6. The fraction of sp³-hybridized carbons (Fsp3) is 0.583. The number of rotatable bonds is 9. The lowest BCUT2D eigenvalue weighted by Gasteiger charge is -2.22. The van der Waals surface area contributed by atoms with E-state index in [9.17, 15) is 19.2 Å². The number of hydrogen-bond donors (Lipinski definition) is 3. The highest BCUT2D eigenvalue weighted by molar-refractivity contribution is 6.09. The molecular weight excluding hydrogens is 422 g/mol. The molecule has 2 atom stereocenters. The maximum Gasteiger partial charge on any atom is 0.325 e. The molecule has 3 aliphatic rings. The van der Waals surface area contributed by atoms with Gasteiger partial charge in [-0.25, -0.2) is 4.79 Å². The Morgan fingerprint density at radius 2 is 1.94 bits per heavy atom. The summed E-state index contributed by atoms with van der Waals surface area (Å²) in [5, 5.41) is 8.35. The molecule has 1 aliphatic carbocycles. The zero-order valence-corrected chi connectivity index (χ0v) is 19.4. The van der Waals surface area contributed by atoms with Crippen molar-refractivity contribution in [3.05, 3.63) is 24.3 Å². The van der Waals surface area contributed by atoms with Crippen LogP contribution in [0.2, 0.25) is 0 Å². The van der Waals surface area contributed by atoms with Gasteiger partial charge in [-0.05, 0) is 63.1 Å². The third-order valence-corrected chi connectivity index (χ3v) is 6.81. The van der Waals surface area contributed by atoms with Crippen LogP contribution in [0.25, 0.3) is 0 Å². The number of nitrogens with zero attached hydrogens (tertiary/aromatic N) is 2. The summed E-state index contributed by atoms with van der Waals surface area (Å²) in [6.45, 7) is 5.26. The van der Waals surface area contributed by atoms with Gasteiger partial charge in [-0.3, -0.25) is 19.3 Å². The predicted octanol–water partition coefficient (Wildman–Crippen LogP) is 2.23. The van der Waals surface area contributed by atoms with Crippen molar-refractivity contribution in [2.24, 2.45) is 5.92 Å². The van der Waals surface area contributed by atoms with Crippen molar-refractivity contribution in [2.75, 3.05) is 29.9 Å². The summed E-state index contributed by atoms with van der Waals surface area (Å²) in [6.07, 6.45) is 5.25. The molecule has 1 aromatic rings. The maximum absolute atomic E-state index is 12.9. The number of carbonyl (C=O) groups is 4. The molecule has 3 fully saturated rings. The molecule has 0 radical (unpaired) electrons. The van der Waals surface area contributed by atoms with E-state index in [2.05, 4.69) is 20.9 Å². The van der Waals surface area contributed by atoms with E-state index >= 15 is 0 Å². The summed E-state index contributed by atoms with van der Waals surface area (Å²) < 4.78 is 0. The second-order valence-corrected chi connectivity index (χ2v) is 9.44. The fourth-order valence-corrected chi connectivity index (χ4v) is 4.72. The van der Waals surface area contributed by atoms with Crippen molar-refractivity contribution in [1.29, 1.82) is 0 Å². The van der Waals surface area contributed by atoms with Crippen molar-refractivity contribution in [3.63, 3.8) is 0 Å². The van der Waals surface area contributed by atoms with Crippen molar-refractivity contribution in [1.82, 2.24) is 15.5 Å². The lowest BCUT2D eigenvalue weighted by atomic mass is 9.96. The van der Waals surface area contributed by atoms with E-state index in [1.165, 1.54) is 12.8 Å². The molecule has 0 bridgehead atoms. The van der Waals surface area contributed by atoms with E-state index < -0.39 is 30.1 Å². The van der Waals surface area contributed by atoms with Gasteiger partial charge in [0.05, 0.1) is 0 Å². The van der Waals surface area contributed by atoms with Crippen LogP contribution < -0.4 is 20.9 Å². The molecule has 33 heavy (non-hydrogen) atoms. The van der Waals surface area contributed by atoms with Crippen molar-refractivity contribution < 1.29 is 19.2 Å². The second kappa shape index (κ2) is 9.41. The predicted molar refractivity (Wildman–Crippen MR) is 125 cm³/mol. The topological polar surface area (TPSA) is 111 Å². The molecule has 5 amide bonds. The van der Waals surface area contributed by atoms with E-state index in [4.69, 9.17) is 0 Å². The first-order valence-electron chi connectivity index (χ1n) is 11.9. The first-order chi connectivity index (χ1) is 15.8. The summed E-state index contributed by atoms with van der Waals surface area (Å²) in [4.78, 5) is 53.9. The normalized spacial score (nSPS) is 23.5. The number of anilines is 2. The lowest BCUT2D eigenvalue weighted by Crippen LogP contribution is -2.49. The van der Waals surface area contributed by atoms with Crippen LogP contribution in [-0.2, 0) is 14.4 Å². The van der Waals surface area contributed by atoms with E-state index in [1.807, 2.05) is 31.2 Å². The zero-order valence-electron chi connectivity index (χ0n) is 19.4. The Bertz CT molecular complexity index is 941.